The van der Waals surface area contributed by atoms with Crippen molar-refractivity contribution >= 4 is 28.5 Å². The number of benzene rings is 2. The first-order valence-corrected chi connectivity index (χ1v) is 6.11. The minimum atomic E-state index is -0.510. The van der Waals surface area contributed by atoms with Gasteiger partial charge in [-0.15, -0.1) is 0 Å². The molecular weight excluding hydrogens is 277 g/mol. The molecule has 0 atom stereocenters. The summed E-state index contributed by atoms with van der Waals surface area (Å²) in [6.07, 6.45) is 0. The van der Waals surface area contributed by atoms with Crippen molar-refractivity contribution in [1.29, 1.82) is 0 Å². The lowest BCUT2D eigenvalue weighted by Gasteiger charge is -2.02. The number of nitro benzene ring substituents is 1. The second-order valence-corrected chi connectivity index (χ2v) is 4.52. The monoisotopic (exact) mass is 287 g/mol. The Balaban J connectivity index is 1.93. The highest BCUT2D eigenvalue weighted by Gasteiger charge is 2.12. The van der Waals surface area contributed by atoms with Crippen molar-refractivity contribution < 1.29 is 13.7 Å². The van der Waals surface area contributed by atoms with E-state index in [4.69, 9.17) is 4.42 Å². The maximum absolute atomic E-state index is 13.5. The Hall–Kier alpha value is -2.96. The minimum absolute atomic E-state index is 0.0772. The van der Waals surface area contributed by atoms with E-state index in [1.54, 1.807) is 19.1 Å². The molecule has 0 aliphatic carbocycles. The first-order valence-electron chi connectivity index (χ1n) is 6.11. The molecule has 1 aromatic heterocycles. The zero-order chi connectivity index (χ0) is 15.0. The van der Waals surface area contributed by atoms with Crippen LogP contribution in [0.25, 0.3) is 11.1 Å². The minimum Gasteiger partial charge on any atom is -0.423 e. The molecule has 3 aromatic rings. The molecule has 0 radical (unpaired) electrons. The zero-order valence-corrected chi connectivity index (χ0v) is 11.0. The molecule has 1 N–H and O–H groups in total. The first-order chi connectivity index (χ1) is 10.0. The van der Waals surface area contributed by atoms with E-state index in [2.05, 4.69) is 10.3 Å². The number of hydrogen-bond acceptors (Lipinski definition) is 5. The topological polar surface area (TPSA) is 81.2 Å². The summed E-state index contributed by atoms with van der Waals surface area (Å²) in [6.45, 7) is 1.66. The number of oxazole rings is 1. The third-order valence-corrected chi connectivity index (χ3v) is 3.01. The van der Waals surface area contributed by atoms with Crippen LogP contribution in [0, 0.1) is 22.9 Å². The molecule has 7 heteroatoms. The van der Waals surface area contributed by atoms with Crippen LogP contribution in [-0.2, 0) is 0 Å². The van der Waals surface area contributed by atoms with Crippen molar-refractivity contribution in [2.24, 2.45) is 0 Å². The molecule has 0 spiro atoms. The van der Waals surface area contributed by atoms with Gasteiger partial charge in [-0.3, -0.25) is 10.1 Å². The van der Waals surface area contributed by atoms with Crippen molar-refractivity contribution in [2.45, 2.75) is 6.92 Å². The number of aromatic nitrogens is 1. The van der Waals surface area contributed by atoms with Crippen molar-refractivity contribution in [3.8, 4) is 0 Å². The highest BCUT2D eigenvalue weighted by molar-refractivity contribution is 5.77. The van der Waals surface area contributed by atoms with Crippen LogP contribution in [0.4, 0.5) is 21.8 Å². The number of halogens is 1. The Labute approximate surface area is 118 Å². The van der Waals surface area contributed by atoms with Gasteiger partial charge in [-0.25, -0.2) is 4.39 Å². The summed E-state index contributed by atoms with van der Waals surface area (Å²) >= 11 is 0. The number of nitrogens with zero attached hydrogens (tertiary/aromatic N) is 2. The van der Waals surface area contributed by atoms with E-state index in [-0.39, 0.29) is 17.5 Å². The van der Waals surface area contributed by atoms with E-state index in [1.165, 1.54) is 24.3 Å². The van der Waals surface area contributed by atoms with E-state index in [9.17, 15) is 14.5 Å². The molecule has 21 heavy (non-hydrogen) atoms. The van der Waals surface area contributed by atoms with Gasteiger partial charge in [-0.2, -0.15) is 4.98 Å². The lowest BCUT2D eigenvalue weighted by molar-refractivity contribution is -0.384. The van der Waals surface area contributed by atoms with Crippen LogP contribution >= 0.6 is 0 Å². The van der Waals surface area contributed by atoms with Crippen LogP contribution in [-0.4, -0.2) is 9.91 Å². The highest BCUT2D eigenvalue weighted by atomic mass is 19.1. The molecule has 0 saturated heterocycles. The predicted molar refractivity (Wildman–Crippen MR) is 75.1 cm³/mol. The molecule has 0 bridgehead atoms. The summed E-state index contributed by atoms with van der Waals surface area (Å²) in [5.41, 5.74) is 1.72. The van der Waals surface area contributed by atoms with Gasteiger partial charge in [0.1, 0.15) is 11.3 Å². The molecule has 6 nitrogen and oxygen atoms in total. The van der Waals surface area contributed by atoms with E-state index in [0.29, 0.717) is 22.4 Å². The number of non-ortho nitro benzene ring substituents is 1. The SMILES string of the molecule is Cc1ccc(Nc2nc3ccc([N+](=O)[O-])cc3o2)cc1F. The molecule has 3 rings (SSSR count). The number of rotatable bonds is 3. The maximum Gasteiger partial charge on any atom is 0.300 e. The molecule has 106 valence electrons. The summed E-state index contributed by atoms with van der Waals surface area (Å²) in [4.78, 5) is 14.3. The average molecular weight is 287 g/mol. The van der Waals surface area contributed by atoms with E-state index < -0.39 is 4.92 Å². The second kappa shape index (κ2) is 4.86. The van der Waals surface area contributed by atoms with Gasteiger partial charge in [0.2, 0.25) is 0 Å². The van der Waals surface area contributed by atoms with Crippen LogP contribution in [0.2, 0.25) is 0 Å². The number of fused-ring (bicyclic) bond motifs is 1. The Morgan fingerprint density at radius 2 is 2.10 bits per heavy atom. The second-order valence-electron chi connectivity index (χ2n) is 4.52. The van der Waals surface area contributed by atoms with Crippen molar-refractivity contribution in [2.75, 3.05) is 5.32 Å². The Bertz CT molecular complexity index is 845. The molecule has 0 saturated carbocycles. The van der Waals surface area contributed by atoms with Crippen molar-refractivity contribution in [3.63, 3.8) is 0 Å². The number of aryl methyl sites for hydroxylation is 1. The summed E-state index contributed by atoms with van der Waals surface area (Å²) in [5.74, 6) is -0.341. The van der Waals surface area contributed by atoms with Gasteiger partial charge in [0.15, 0.2) is 5.58 Å². The van der Waals surface area contributed by atoms with Gasteiger partial charge in [-0.05, 0) is 30.7 Å². The van der Waals surface area contributed by atoms with Crippen LogP contribution in [0.5, 0.6) is 0 Å². The molecule has 0 aliphatic rings. The summed E-state index contributed by atoms with van der Waals surface area (Å²) in [6, 6.07) is 8.93. The van der Waals surface area contributed by atoms with Gasteiger partial charge >= 0.3 is 0 Å². The third-order valence-electron chi connectivity index (χ3n) is 3.01. The molecule has 0 fully saturated rings. The van der Waals surface area contributed by atoms with Crippen LogP contribution in [0.3, 0.4) is 0 Å². The van der Waals surface area contributed by atoms with E-state index in [0.717, 1.165) is 0 Å². The number of nitrogens with one attached hydrogen (secondary N) is 1. The molecule has 0 amide bonds. The zero-order valence-electron chi connectivity index (χ0n) is 11.0. The van der Waals surface area contributed by atoms with Gasteiger partial charge < -0.3 is 9.73 Å². The molecular formula is C14H10FN3O3. The van der Waals surface area contributed by atoms with Crippen molar-refractivity contribution in [1.82, 2.24) is 4.98 Å². The summed E-state index contributed by atoms with van der Waals surface area (Å²) in [7, 11) is 0. The predicted octanol–water partition coefficient (Wildman–Crippen LogP) is 3.93. The van der Waals surface area contributed by atoms with Gasteiger partial charge in [0.25, 0.3) is 11.7 Å². The van der Waals surface area contributed by atoms with Crippen LogP contribution in [0.1, 0.15) is 5.56 Å². The van der Waals surface area contributed by atoms with Gasteiger partial charge in [0.05, 0.1) is 11.0 Å². The van der Waals surface area contributed by atoms with E-state index in [1.807, 2.05) is 0 Å². The number of anilines is 2. The van der Waals surface area contributed by atoms with Crippen LogP contribution < -0.4 is 5.32 Å². The molecule has 0 aliphatic heterocycles. The molecule has 1 heterocycles. The summed E-state index contributed by atoms with van der Waals surface area (Å²) in [5, 5.41) is 13.5. The maximum atomic E-state index is 13.5. The third kappa shape index (κ3) is 2.53. The molecule has 2 aromatic carbocycles. The lowest BCUT2D eigenvalue weighted by Crippen LogP contribution is -1.92. The molecule has 0 unspecified atom stereocenters. The Kier molecular flexibility index (Phi) is 3.02. The number of nitro groups is 1. The average Bonchev–Trinajstić information content (AvgIpc) is 2.84. The quantitative estimate of drug-likeness (QED) is 0.583. The standard InChI is InChI=1S/C14H10FN3O3/c1-8-2-3-9(6-11(8)15)16-14-17-12-5-4-10(18(19)20)7-13(12)21-14/h2-7H,1H3,(H,16,17). The van der Waals surface area contributed by atoms with E-state index >= 15 is 0 Å². The fourth-order valence-electron chi connectivity index (χ4n) is 1.87. The van der Waals surface area contributed by atoms with Gasteiger partial charge in [0, 0.05) is 11.8 Å². The lowest BCUT2D eigenvalue weighted by atomic mass is 10.2. The largest absolute Gasteiger partial charge is 0.423 e. The van der Waals surface area contributed by atoms with Crippen molar-refractivity contribution in [3.05, 3.63) is 57.9 Å². The smallest absolute Gasteiger partial charge is 0.300 e. The normalized spacial score (nSPS) is 10.8. The fraction of sp³-hybridized carbons (Fsp3) is 0.0714. The first kappa shape index (κ1) is 13.0. The Morgan fingerprint density at radius 3 is 2.81 bits per heavy atom. The highest BCUT2D eigenvalue weighted by Crippen LogP contribution is 2.26. The summed E-state index contributed by atoms with van der Waals surface area (Å²) < 4.78 is 18.8. The Morgan fingerprint density at radius 1 is 1.29 bits per heavy atom. The van der Waals surface area contributed by atoms with Crippen LogP contribution in [0.15, 0.2) is 40.8 Å². The fourth-order valence-corrected chi connectivity index (χ4v) is 1.87. The number of hydrogen-bond donors (Lipinski definition) is 1. The van der Waals surface area contributed by atoms with Gasteiger partial charge in [-0.1, -0.05) is 6.07 Å².